The smallest absolute Gasteiger partial charge is 0.317 e. The molecular formula is C22H36N6O2. The lowest BCUT2D eigenvalue weighted by Gasteiger charge is -2.19. The van der Waals surface area contributed by atoms with Gasteiger partial charge in [-0.15, -0.1) is 0 Å². The maximum absolute atomic E-state index is 12.0. The van der Waals surface area contributed by atoms with E-state index in [0.29, 0.717) is 45.2 Å². The molecule has 0 aliphatic heterocycles. The molecule has 0 spiro atoms. The Balaban J connectivity index is 1.61. The van der Waals surface area contributed by atoms with Crippen LogP contribution in [-0.4, -0.2) is 58.3 Å². The summed E-state index contributed by atoms with van der Waals surface area (Å²) in [7, 11) is 0. The summed E-state index contributed by atoms with van der Waals surface area (Å²) in [5.74, 6) is 2.42. The Morgan fingerprint density at radius 1 is 1.23 bits per heavy atom. The summed E-state index contributed by atoms with van der Waals surface area (Å²) >= 11 is 0. The molecule has 0 saturated heterocycles. The summed E-state index contributed by atoms with van der Waals surface area (Å²) in [6.07, 6.45) is 4.80. The predicted molar refractivity (Wildman–Crippen MR) is 120 cm³/mol. The molecule has 2 aromatic rings. The molecule has 0 bridgehead atoms. The molecule has 3 N–H and O–H groups in total. The third-order valence-electron chi connectivity index (χ3n) is 5.98. The molecule has 0 aromatic carbocycles. The third-order valence-corrected chi connectivity index (χ3v) is 5.98. The highest BCUT2D eigenvalue weighted by Gasteiger charge is 2.23. The van der Waals surface area contributed by atoms with Crippen LogP contribution in [0.5, 0.6) is 0 Å². The van der Waals surface area contributed by atoms with Gasteiger partial charge in [0.15, 0.2) is 5.82 Å². The van der Waals surface area contributed by atoms with Crippen LogP contribution >= 0.6 is 0 Å². The number of ether oxygens (including phenoxy) is 1. The molecule has 2 aromatic heterocycles. The number of nitrogens with zero attached hydrogens (tertiary/aromatic N) is 4. The van der Waals surface area contributed by atoms with Crippen molar-refractivity contribution in [3.8, 4) is 0 Å². The molecule has 0 atom stereocenters. The number of fused-ring (bicyclic) bond motifs is 1. The molecule has 1 saturated carbocycles. The van der Waals surface area contributed by atoms with Gasteiger partial charge in [-0.1, -0.05) is 12.8 Å². The highest BCUT2D eigenvalue weighted by Crippen LogP contribution is 2.34. The summed E-state index contributed by atoms with van der Waals surface area (Å²) in [5.41, 5.74) is 10.1. The molecule has 3 rings (SSSR count). The van der Waals surface area contributed by atoms with Gasteiger partial charge < -0.3 is 25.3 Å². The number of hydrogen-bond donors (Lipinski definition) is 2. The molecular weight excluding hydrogens is 380 g/mol. The van der Waals surface area contributed by atoms with E-state index < -0.39 is 0 Å². The fourth-order valence-electron chi connectivity index (χ4n) is 3.83. The molecule has 1 fully saturated rings. The molecule has 2 amide bonds. The molecule has 1 aliphatic carbocycles. The van der Waals surface area contributed by atoms with Crippen molar-refractivity contribution in [1.82, 2.24) is 24.8 Å². The van der Waals surface area contributed by atoms with Crippen LogP contribution in [0.3, 0.4) is 0 Å². The number of nitrogens with one attached hydrogen (secondary N) is 1. The van der Waals surface area contributed by atoms with Gasteiger partial charge in [0.05, 0.1) is 18.7 Å². The van der Waals surface area contributed by atoms with E-state index in [-0.39, 0.29) is 6.03 Å². The first-order chi connectivity index (χ1) is 14.5. The molecule has 1 aliphatic rings. The van der Waals surface area contributed by atoms with Crippen molar-refractivity contribution in [3.05, 3.63) is 17.1 Å². The average molecular weight is 417 g/mol. The number of nitrogens with two attached hydrogens (primary N) is 1. The van der Waals surface area contributed by atoms with E-state index in [9.17, 15) is 4.79 Å². The van der Waals surface area contributed by atoms with Crippen molar-refractivity contribution in [3.63, 3.8) is 0 Å². The fourth-order valence-corrected chi connectivity index (χ4v) is 3.83. The number of carbonyl (C=O) groups excluding carboxylic acids is 1. The maximum atomic E-state index is 12.0. The summed E-state index contributed by atoms with van der Waals surface area (Å²) in [6.45, 7) is 11.7. The molecule has 8 nitrogen and oxygen atoms in total. The first-order valence-corrected chi connectivity index (χ1v) is 11.2. The summed E-state index contributed by atoms with van der Waals surface area (Å²) in [6, 6.07) is -0.0411. The number of pyridine rings is 1. The van der Waals surface area contributed by atoms with E-state index in [1.807, 2.05) is 20.8 Å². The molecule has 0 unspecified atom stereocenters. The minimum atomic E-state index is -0.0411. The molecule has 30 heavy (non-hydrogen) atoms. The van der Waals surface area contributed by atoms with E-state index >= 15 is 0 Å². The lowest BCUT2D eigenvalue weighted by molar-refractivity contribution is 0.126. The van der Waals surface area contributed by atoms with Gasteiger partial charge in [-0.3, -0.25) is 0 Å². The van der Waals surface area contributed by atoms with Gasteiger partial charge in [-0.2, -0.15) is 0 Å². The van der Waals surface area contributed by atoms with Gasteiger partial charge in [-0.05, 0) is 45.6 Å². The Morgan fingerprint density at radius 2 is 1.97 bits per heavy atom. The van der Waals surface area contributed by atoms with Crippen molar-refractivity contribution in [2.45, 2.75) is 59.9 Å². The number of rotatable bonds is 11. The number of hydrogen-bond acceptors (Lipinski definition) is 5. The minimum absolute atomic E-state index is 0.0411. The Kier molecular flexibility index (Phi) is 7.53. The number of aryl methyl sites for hydroxylation is 3. The summed E-state index contributed by atoms with van der Waals surface area (Å²) in [5, 5.41) is 2.90. The number of aromatic nitrogens is 3. The normalized spacial score (nSPS) is 13.7. The van der Waals surface area contributed by atoms with Crippen LogP contribution in [0.4, 0.5) is 10.6 Å². The highest BCUT2D eigenvalue weighted by atomic mass is 16.5. The monoisotopic (exact) mass is 416 g/mol. The van der Waals surface area contributed by atoms with Crippen LogP contribution in [0.15, 0.2) is 0 Å². The van der Waals surface area contributed by atoms with Crippen LogP contribution in [0.1, 0.15) is 50.2 Å². The van der Waals surface area contributed by atoms with E-state index in [0.717, 1.165) is 40.5 Å². The maximum Gasteiger partial charge on any atom is 0.317 e. The lowest BCUT2D eigenvalue weighted by Crippen LogP contribution is -2.41. The van der Waals surface area contributed by atoms with Crippen LogP contribution < -0.4 is 11.1 Å². The standard InChI is InChI=1S/C22H36N6O2/c1-5-27(6-2)22(29)24-11-13-30-14-12-28-18(10-9-17-7-8-17)26-19-20(28)15(3)16(4)25-21(19)23/h17H,5-14H2,1-4H3,(H2,23,25)(H,24,29). The topological polar surface area (TPSA) is 98.3 Å². The zero-order valence-electron chi connectivity index (χ0n) is 18.8. The molecule has 2 heterocycles. The first-order valence-electron chi connectivity index (χ1n) is 11.2. The van der Waals surface area contributed by atoms with Crippen molar-refractivity contribution in [1.29, 1.82) is 0 Å². The Bertz CT molecular complexity index is 870. The van der Waals surface area contributed by atoms with E-state index in [4.69, 9.17) is 15.5 Å². The van der Waals surface area contributed by atoms with Gasteiger partial charge >= 0.3 is 6.03 Å². The van der Waals surface area contributed by atoms with E-state index in [2.05, 4.69) is 21.8 Å². The molecule has 0 radical (unpaired) electrons. The molecule has 8 heteroatoms. The van der Waals surface area contributed by atoms with Gasteiger partial charge in [0.2, 0.25) is 0 Å². The number of urea groups is 1. The van der Waals surface area contributed by atoms with Crippen LogP contribution in [-0.2, 0) is 17.7 Å². The summed E-state index contributed by atoms with van der Waals surface area (Å²) in [4.78, 5) is 23.0. The van der Waals surface area contributed by atoms with Crippen molar-refractivity contribution < 1.29 is 9.53 Å². The zero-order valence-corrected chi connectivity index (χ0v) is 18.8. The van der Waals surface area contributed by atoms with Crippen molar-refractivity contribution in [2.24, 2.45) is 5.92 Å². The predicted octanol–water partition coefficient (Wildman–Crippen LogP) is 3.04. The first kappa shape index (κ1) is 22.3. The van der Waals surface area contributed by atoms with E-state index in [1.54, 1.807) is 4.90 Å². The number of nitrogen functional groups attached to an aromatic ring is 1. The Labute approximate surface area is 179 Å². The van der Waals surface area contributed by atoms with Crippen molar-refractivity contribution >= 4 is 22.9 Å². The Hall–Kier alpha value is -2.35. The number of amides is 2. The lowest BCUT2D eigenvalue weighted by atomic mass is 10.2. The van der Waals surface area contributed by atoms with Crippen LogP contribution in [0.2, 0.25) is 0 Å². The average Bonchev–Trinajstić information content (AvgIpc) is 3.48. The highest BCUT2D eigenvalue weighted by molar-refractivity contribution is 5.88. The molecule has 166 valence electrons. The zero-order chi connectivity index (χ0) is 21.7. The van der Waals surface area contributed by atoms with E-state index in [1.165, 1.54) is 19.3 Å². The second-order valence-electron chi connectivity index (χ2n) is 8.08. The van der Waals surface area contributed by atoms with Crippen LogP contribution in [0.25, 0.3) is 11.0 Å². The second-order valence-corrected chi connectivity index (χ2v) is 8.08. The number of anilines is 1. The largest absolute Gasteiger partial charge is 0.382 e. The van der Waals surface area contributed by atoms with Crippen LogP contribution in [0, 0.1) is 19.8 Å². The van der Waals surface area contributed by atoms with Gasteiger partial charge in [-0.25, -0.2) is 14.8 Å². The summed E-state index contributed by atoms with van der Waals surface area (Å²) < 4.78 is 8.07. The van der Waals surface area contributed by atoms with Crippen molar-refractivity contribution in [2.75, 3.05) is 38.6 Å². The second kappa shape index (κ2) is 10.1. The fraction of sp³-hybridized carbons (Fsp3) is 0.682. The minimum Gasteiger partial charge on any atom is -0.382 e. The number of carbonyl (C=O) groups is 1. The van der Waals surface area contributed by atoms with Gasteiger partial charge in [0, 0.05) is 38.3 Å². The SMILES string of the molecule is CCN(CC)C(=O)NCCOCCn1c(CCC2CC2)nc2c(N)nc(C)c(C)c21. The van der Waals surface area contributed by atoms with Gasteiger partial charge in [0.1, 0.15) is 11.3 Å². The Morgan fingerprint density at radius 3 is 2.63 bits per heavy atom. The third kappa shape index (κ3) is 5.22. The van der Waals surface area contributed by atoms with Gasteiger partial charge in [0.25, 0.3) is 0 Å². The number of imidazole rings is 1. The quantitative estimate of drug-likeness (QED) is 0.549.